The maximum atomic E-state index is 11.7. The molecule has 1 aromatic rings. The van der Waals surface area contributed by atoms with Gasteiger partial charge in [-0.1, -0.05) is 45.4 Å². The van der Waals surface area contributed by atoms with Gasteiger partial charge >= 0.3 is 0 Å². The summed E-state index contributed by atoms with van der Waals surface area (Å²) >= 11 is 0. The van der Waals surface area contributed by atoms with Crippen LogP contribution >= 0.6 is 0 Å². The maximum Gasteiger partial charge on any atom is 0.135 e. The van der Waals surface area contributed by atoms with E-state index in [1.165, 1.54) is 16.7 Å². The SMILES string of the molecule is Cc1cc(C)c(OCC(C)C)c(CCCC(=O)C(C)C)c1. The molecule has 0 fully saturated rings. The molecule has 21 heavy (non-hydrogen) atoms. The van der Waals surface area contributed by atoms with Gasteiger partial charge in [0.15, 0.2) is 0 Å². The van der Waals surface area contributed by atoms with E-state index in [9.17, 15) is 4.79 Å². The van der Waals surface area contributed by atoms with Crippen molar-refractivity contribution in [3.63, 3.8) is 0 Å². The Hall–Kier alpha value is -1.31. The molecule has 0 aliphatic rings. The van der Waals surface area contributed by atoms with Gasteiger partial charge in [0, 0.05) is 12.3 Å². The lowest BCUT2D eigenvalue weighted by Crippen LogP contribution is -2.09. The Balaban J connectivity index is 2.76. The van der Waals surface area contributed by atoms with Crippen LogP contribution in [0.15, 0.2) is 12.1 Å². The zero-order chi connectivity index (χ0) is 16.0. The first-order valence-electron chi connectivity index (χ1n) is 8.07. The highest BCUT2D eigenvalue weighted by molar-refractivity contribution is 5.80. The molecule has 0 spiro atoms. The van der Waals surface area contributed by atoms with Crippen LogP contribution in [-0.2, 0) is 11.2 Å². The van der Waals surface area contributed by atoms with Crippen LogP contribution < -0.4 is 4.74 Å². The highest BCUT2D eigenvalue weighted by atomic mass is 16.5. The Morgan fingerprint density at radius 3 is 2.38 bits per heavy atom. The summed E-state index contributed by atoms with van der Waals surface area (Å²) in [4.78, 5) is 11.7. The van der Waals surface area contributed by atoms with Crippen molar-refractivity contribution in [1.29, 1.82) is 0 Å². The summed E-state index contributed by atoms with van der Waals surface area (Å²) in [6.07, 6.45) is 2.47. The standard InChI is InChI=1S/C19H30O2/c1-13(2)12-21-19-16(6)10-15(5)11-17(19)8-7-9-18(20)14(3)4/h10-11,13-14H,7-9,12H2,1-6H3. The van der Waals surface area contributed by atoms with Crippen LogP contribution in [0.2, 0.25) is 0 Å². The van der Waals surface area contributed by atoms with Crippen molar-refractivity contribution in [1.82, 2.24) is 0 Å². The third kappa shape index (κ3) is 5.91. The molecule has 0 aliphatic heterocycles. The lowest BCUT2D eigenvalue weighted by Gasteiger charge is -2.17. The molecule has 0 amide bonds. The molecule has 1 rings (SSSR count). The third-order valence-electron chi connectivity index (χ3n) is 3.57. The summed E-state index contributed by atoms with van der Waals surface area (Å²) in [5, 5.41) is 0. The Bertz CT molecular complexity index is 473. The molecule has 0 aliphatic carbocycles. The predicted octanol–water partition coefficient (Wildman–Crippen LogP) is 4.89. The minimum atomic E-state index is 0.140. The van der Waals surface area contributed by atoms with Crippen molar-refractivity contribution < 1.29 is 9.53 Å². The molecule has 0 bridgehead atoms. The summed E-state index contributed by atoms with van der Waals surface area (Å²) in [5.41, 5.74) is 3.69. The molecule has 0 radical (unpaired) electrons. The van der Waals surface area contributed by atoms with Crippen molar-refractivity contribution in [2.75, 3.05) is 6.61 Å². The fourth-order valence-corrected chi connectivity index (χ4v) is 2.43. The van der Waals surface area contributed by atoms with Crippen LogP contribution in [-0.4, -0.2) is 12.4 Å². The highest BCUT2D eigenvalue weighted by Gasteiger charge is 2.11. The monoisotopic (exact) mass is 290 g/mol. The topological polar surface area (TPSA) is 26.3 Å². The molecule has 0 aromatic heterocycles. The smallest absolute Gasteiger partial charge is 0.135 e. The van der Waals surface area contributed by atoms with E-state index in [1.54, 1.807) is 0 Å². The minimum absolute atomic E-state index is 0.140. The Labute approximate surface area is 129 Å². The molecule has 0 N–H and O–H groups in total. The van der Waals surface area contributed by atoms with Gasteiger partial charge in [0.2, 0.25) is 0 Å². The summed E-state index contributed by atoms with van der Waals surface area (Å²) in [5.74, 6) is 2.03. The molecule has 0 unspecified atom stereocenters. The van der Waals surface area contributed by atoms with Gasteiger partial charge in [0.05, 0.1) is 6.61 Å². The van der Waals surface area contributed by atoms with Crippen molar-refractivity contribution >= 4 is 5.78 Å². The van der Waals surface area contributed by atoms with Gasteiger partial charge in [-0.25, -0.2) is 0 Å². The van der Waals surface area contributed by atoms with Gasteiger partial charge in [0.25, 0.3) is 0 Å². The second-order valence-corrected chi connectivity index (χ2v) is 6.75. The number of aryl methyl sites for hydroxylation is 3. The number of hydrogen-bond acceptors (Lipinski definition) is 2. The van der Waals surface area contributed by atoms with Crippen molar-refractivity contribution in [3.8, 4) is 5.75 Å². The number of rotatable bonds is 8. The van der Waals surface area contributed by atoms with Crippen LogP contribution in [0.4, 0.5) is 0 Å². The van der Waals surface area contributed by atoms with E-state index >= 15 is 0 Å². The Morgan fingerprint density at radius 2 is 1.81 bits per heavy atom. The van der Waals surface area contributed by atoms with E-state index in [1.807, 2.05) is 13.8 Å². The second-order valence-electron chi connectivity index (χ2n) is 6.75. The van der Waals surface area contributed by atoms with E-state index in [0.29, 0.717) is 18.1 Å². The average Bonchev–Trinajstić information content (AvgIpc) is 2.36. The van der Waals surface area contributed by atoms with Gasteiger partial charge < -0.3 is 4.74 Å². The van der Waals surface area contributed by atoms with Gasteiger partial charge in [0.1, 0.15) is 11.5 Å². The van der Waals surface area contributed by atoms with E-state index in [4.69, 9.17) is 4.74 Å². The van der Waals surface area contributed by atoms with Crippen LogP contribution in [0.1, 0.15) is 57.2 Å². The molecule has 0 atom stereocenters. The van der Waals surface area contributed by atoms with Crippen molar-refractivity contribution in [2.24, 2.45) is 11.8 Å². The second kappa shape index (κ2) is 8.21. The first-order valence-corrected chi connectivity index (χ1v) is 8.07. The fraction of sp³-hybridized carbons (Fsp3) is 0.632. The zero-order valence-corrected chi connectivity index (χ0v) is 14.5. The molecule has 1 aromatic carbocycles. The van der Waals surface area contributed by atoms with E-state index in [-0.39, 0.29) is 5.92 Å². The van der Waals surface area contributed by atoms with Gasteiger partial charge in [-0.2, -0.15) is 0 Å². The highest BCUT2D eigenvalue weighted by Crippen LogP contribution is 2.27. The van der Waals surface area contributed by atoms with Crippen molar-refractivity contribution in [3.05, 3.63) is 28.8 Å². The van der Waals surface area contributed by atoms with Crippen molar-refractivity contribution in [2.45, 2.75) is 60.8 Å². The summed E-state index contributed by atoms with van der Waals surface area (Å²) in [7, 11) is 0. The molecule has 2 heteroatoms. The Morgan fingerprint density at radius 1 is 1.14 bits per heavy atom. The number of hydrogen-bond donors (Lipinski definition) is 0. The number of ether oxygens (including phenoxy) is 1. The average molecular weight is 290 g/mol. The largest absolute Gasteiger partial charge is 0.493 e. The zero-order valence-electron chi connectivity index (χ0n) is 14.5. The number of Topliss-reactive ketones (excluding diaryl/α,β-unsaturated/α-hetero) is 1. The molecule has 118 valence electrons. The minimum Gasteiger partial charge on any atom is -0.493 e. The van der Waals surface area contributed by atoms with Crippen LogP contribution in [0.25, 0.3) is 0 Å². The van der Waals surface area contributed by atoms with Crippen LogP contribution in [0.5, 0.6) is 5.75 Å². The van der Waals surface area contributed by atoms with Crippen LogP contribution in [0, 0.1) is 25.7 Å². The fourth-order valence-electron chi connectivity index (χ4n) is 2.43. The molecular weight excluding hydrogens is 260 g/mol. The van der Waals surface area contributed by atoms with Gasteiger partial charge in [-0.3, -0.25) is 4.79 Å². The maximum absolute atomic E-state index is 11.7. The number of carbonyl (C=O) groups excluding carboxylic acids is 1. The Kier molecular flexibility index (Phi) is 6.94. The lowest BCUT2D eigenvalue weighted by molar-refractivity contribution is -0.121. The number of carbonyl (C=O) groups is 1. The van der Waals surface area contributed by atoms with Gasteiger partial charge in [-0.05, 0) is 43.7 Å². The van der Waals surface area contributed by atoms with E-state index < -0.39 is 0 Å². The normalized spacial score (nSPS) is 11.2. The number of ketones is 1. The number of benzene rings is 1. The first kappa shape index (κ1) is 17.7. The predicted molar refractivity (Wildman–Crippen MR) is 89.0 cm³/mol. The van der Waals surface area contributed by atoms with E-state index in [0.717, 1.165) is 25.2 Å². The third-order valence-corrected chi connectivity index (χ3v) is 3.57. The first-order chi connectivity index (χ1) is 9.81. The molecule has 0 heterocycles. The molecule has 0 saturated carbocycles. The summed E-state index contributed by atoms with van der Waals surface area (Å²) in [6, 6.07) is 4.36. The van der Waals surface area contributed by atoms with Gasteiger partial charge in [-0.15, -0.1) is 0 Å². The summed E-state index contributed by atoms with van der Waals surface area (Å²) in [6.45, 7) is 13.2. The summed E-state index contributed by atoms with van der Waals surface area (Å²) < 4.78 is 6.00. The quantitative estimate of drug-likeness (QED) is 0.681. The van der Waals surface area contributed by atoms with E-state index in [2.05, 4.69) is 39.8 Å². The molecule has 2 nitrogen and oxygen atoms in total. The van der Waals surface area contributed by atoms with Crippen LogP contribution in [0.3, 0.4) is 0 Å². The lowest BCUT2D eigenvalue weighted by atomic mass is 9.98. The molecular formula is C19H30O2. The molecule has 0 saturated heterocycles.